The van der Waals surface area contributed by atoms with Crippen molar-refractivity contribution in [3.05, 3.63) is 46.2 Å². The summed E-state index contributed by atoms with van der Waals surface area (Å²) >= 11 is 0. The average Bonchev–Trinajstić information content (AvgIpc) is 2.97. The van der Waals surface area contributed by atoms with Gasteiger partial charge in [-0.1, -0.05) is 0 Å². The Balaban J connectivity index is 2.23. The van der Waals surface area contributed by atoms with Crippen LogP contribution >= 0.6 is 0 Å². The number of carbonyl (C=O) groups is 2. The summed E-state index contributed by atoms with van der Waals surface area (Å²) in [6, 6.07) is 3.64. The van der Waals surface area contributed by atoms with Gasteiger partial charge in [0.15, 0.2) is 0 Å². The molecule has 0 spiro atoms. The van der Waals surface area contributed by atoms with Crippen molar-refractivity contribution >= 4 is 11.9 Å². The van der Waals surface area contributed by atoms with Crippen molar-refractivity contribution in [2.45, 2.75) is 47.2 Å². The molecule has 24 heavy (non-hydrogen) atoms. The first kappa shape index (κ1) is 17.8. The maximum atomic E-state index is 12.7. The van der Waals surface area contributed by atoms with Crippen LogP contribution in [0.3, 0.4) is 0 Å². The molecule has 0 aliphatic carbocycles. The third-order valence-electron chi connectivity index (χ3n) is 4.17. The largest absolute Gasteiger partial charge is 0.478 e. The van der Waals surface area contributed by atoms with Gasteiger partial charge in [0.05, 0.1) is 12.1 Å². The van der Waals surface area contributed by atoms with Crippen LogP contribution in [0, 0.1) is 20.8 Å². The van der Waals surface area contributed by atoms with Crippen LogP contribution in [0.1, 0.15) is 63.5 Å². The van der Waals surface area contributed by atoms with Crippen molar-refractivity contribution in [3.63, 3.8) is 0 Å². The van der Waals surface area contributed by atoms with E-state index in [1.54, 1.807) is 14.0 Å². The number of hydrogen-bond donors (Lipinski definition) is 1. The van der Waals surface area contributed by atoms with Crippen molar-refractivity contribution in [1.82, 2.24) is 9.47 Å². The van der Waals surface area contributed by atoms with Gasteiger partial charge in [-0.05, 0) is 46.8 Å². The Morgan fingerprint density at radius 1 is 1.21 bits per heavy atom. The third kappa shape index (κ3) is 3.22. The minimum Gasteiger partial charge on any atom is -0.478 e. The highest BCUT2D eigenvalue weighted by Crippen LogP contribution is 2.22. The molecule has 2 rings (SSSR count). The van der Waals surface area contributed by atoms with E-state index < -0.39 is 5.97 Å². The second-order valence-electron chi connectivity index (χ2n) is 6.40. The third-order valence-corrected chi connectivity index (χ3v) is 4.17. The summed E-state index contributed by atoms with van der Waals surface area (Å²) in [5.74, 6) is -0.340. The fourth-order valence-electron chi connectivity index (χ4n) is 3.13. The number of furan rings is 1. The van der Waals surface area contributed by atoms with E-state index in [0.717, 1.165) is 11.4 Å². The fraction of sp³-hybridized carbons (Fsp3) is 0.444. The Kier molecular flexibility index (Phi) is 4.87. The van der Waals surface area contributed by atoms with E-state index in [1.807, 2.05) is 19.9 Å². The summed E-state index contributed by atoms with van der Waals surface area (Å²) in [7, 11) is 1.68. The molecule has 130 valence electrons. The van der Waals surface area contributed by atoms with Crippen LogP contribution < -0.4 is 0 Å². The number of rotatable bonds is 5. The van der Waals surface area contributed by atoms with Gasteiger partial charge in [-0.2, -0.15) is 0 Å². The number of hydrogen-bond acceptors (Lipinski definition) is 3. The number of carbonyl (C=O) groups excluding carboxylic acids is 1. The molecule has 2 aromatic rings. The molecular formula is C18H24N2O4. The van der Waals surface area contributed by atoms with E-state index in [9.17, 15) is 9.59 Å². The molecule has 2 heterocycles. The number of aromatic carboxylic acids is 1. The van der Waals surface area contributed by atoms with E-state index in [-0.39, 0.29) is 24.1 Å². The number of carboxylic acids is 1. The van der Waals surface area contributed by atoms with Gasteiger partial charge in [-0.15, -0.1) is 0 Å². The lowest BCUT2D eigenvalue weighted by Gasteiger charge is -2.17. The Morgan fingerprint density at radius 3 is 2.29 bits per heavy atom. The van der Waals surface area contributed by atoms with Crippen molar-refractivity contribution in [1.29, 1.82) is 0 Å². The molecule has 0 saturated heterocycles. The van der Waals surface area contributed by atoms with Crippen molar-refractivity contribution in [2.75, 3.05) is 7.05 Å². The minimum atomic E-state index is -1.03. The Labute approximate surface area is 141 Å². The molecule has 0 aromatic carbocycles. The van der Waals surface area contributed by atoms with Gasteiger partial charge in [0.25, 0.3) is 5.91 Å². The number of amides is 1. The molecule has 0 fully saturated rings. The van der Waals surface area contributed by atoms with Gasteiger partial charge in [-0.3, -0.25) is 4.79 Å². The molecule has 0 bridgehead atoms. The zero-order valence-corrected chi connectivity index (χ0v) is 15.0. The predicted octanol–water partition coefficient (Wildman–Crippen LogP) is 3.56. The second kappa shape index (κ2) is 6.55. The predicted molar refractivity (Wildman–Crippen MR) is 90.5 cm³/mol. The zero-order valence-electron chi connectivity index (χ0n) is 15.0. The summed E-state index contributed by atoms with van der Waals surface area (Å²) in [4.78, 5) is 25.4. The van der Waals surface area contributed by atoms with Gasteiger partial charge in [0.2, 0.25) is 0 Å². The summed E-state index contributed by atoms with van der Waals surface area (Å²) in [6.45, 7) is 9.91. The lowest BCUT2D eigenvalue weighted by molar-refractivity contribution is 0.0694. The zero-order chi connectivity index (χ0) is 18.2. The normalized spacial score (nSPS) is 11.1. The first-order chi connectivity index (χ1) is 11.1. The number of aromatic nitrogens is 1. The van der Waals surface area contributed by atoms with Crippen LogP contribution in [0.2, 0.25) is 0 Å². The number of nitrogens with zero attached hydrogens (tertiary/aromatic N) is 2. The second-order valence-corrected chi connectivity index (χ2v) is 6.40. The van der Waals surface area contributed by atoms with Gasteiger partial charge in [0.1, 0.15) is 17.1 Å². The Hall–Kier alpha value is -2.50. The smallest absolute Gasteiger partial charge is 0.339 e. The van der Waals surface area contributed by atoms with Gasteiger partial charge >= 0.3 is 5.97 Å². The molecule has 0 saturated carbocycles. The van der Waals surface area contributed by atoms with E-state index in [0.29, 0.717) is 17.1 Å². The summed E-state index contributed by atoms with van der Waals surface area (Å²) < 4.78 is 7.58. The summed E-state index contributed by atoms with van der Waals surface area (Å²) in [5.41, 5.74) is 2.76. The Bertz CT molecular complexity index is 783. The first-order valence-corrected chi connectivity index (χ1v) is 7.90. The molecule has 2 aromatic heterocycles. The molecule has 6 nitrogen and oxygen atoms in total. The van der Waals surface area contributed by atoms with Crippen molar-refractivity contribution in [2.24, 2.45) is 0 Å². The highest BCUT2D eigenvalue weighted by Gasteiger charge is 2.22. The summed E-state index contributed by atoms with van der Waals surface area (Å²) in [6.07, 6.45) is 0. The molecule has 6 heteroatoms. The molecule has 1 amide bonds. The van der Waals surface area contributed by atoms with Crippen LogP contribution in [0.5, 0.6) is 0 Å². The lowest BCUT2D eigenvalue weighted by Crippen LogP contribution is -2.26. The van der Waals surface area contributed by atoms with Gasteiger partial charge < -0.3 is 19.0 Å². The van der Waals surface area contributed by atoms with Crippen molar-refractivity contribution < 1.29 is 19.1 Å². The van der Waals surface area contributed by atoms with Crippen LogP contribution in [0.15, 0.2) is 16.5 Å². The van der Waals surface area contributed by atoms with E-state index in [2.05, 4.69) is 18.4 Å². The maximum absolute atomic E-state index is 12.7. The van der Waals surface area contributed by atoms with Crippen LogP contribution in [-0.4, -0.2) is 33.5 Å². The first-order valence-electron chi connectivity index (χ1n) is 7.90. The molecule has 0 unspecified atom stereocenters. The SMILES string of the molecule is Cc1oc(CN(C)C(=O)c2cc(C)n(C(C)C)c2C)cc1C(=O)O. The molecule has 0 aliphatic heterocycles. The summed E-state index contributed by atoms with van der Waals surface area (Å²) in [5, 5.41) is 9.08. The van der Waals surface area contributed by atoms with Crippen LogP contribution in [-0.2, 0) is 6.54 Å². The fourth-order valence-corrected chi connectivity index (χ4v) is 3.13. The molecule has 0 radical (unpaired) electrons. The van der Waals surface area contributed by atoms with E-state index in [4.69, 9.17) is 9.52 Å². The number of carboxylic acid groups (broad SMARTS) is 1. The highest BCUT2D eigenvalue weighted by atomic mass is 16.4. The Morgan fingerprint density at radius 2 is 1.83 bits per heavy atom. The van der Waals surface area contributed by atoms with Crippen molar-refractivity contribution in [3.8, 4) is 0 Å². The molecular weight excluding hydrogens is 308 g/mol. The average molecular weight is 332 g/mol. The quantitative estimate of drug-likeness (QED) is 0.908. The van der Waals surface area contributed by atoms with Gasteiger partial charge in [-0.25, -0.2) is 4.79 Å². The minimum absolute atomic E-state index is 0.110. The van der Waals surface area contributed by atoms with Gasteiger partial charge in [0, 0.05) is 24.5 Å². The monoisotopic (exact) mass is 332 g/mol. The van der Waals surface area contributed by atoms with E-state index in [1.165, 1.54) is 11.0 Å². The van der Waals surface area contributed by atoms with Crippen LogP contribution in [0.25, 0.3) is 0 Å². The van der Waals surface area contributed by atoms with E-state index >= 15 is 0 Å². The molecule has 0 aliphatic rings. The molecule has 1 N–H and O–H groups in total. The number of aryl methyl sites for hydroxylation is 2. The topological polar surface area (TPSA) is 75.7 Å². The lowest BCUT2D eigenvalue weighted by atomic mass is 10.2. The maximum Gasteiger partial charge on any atom is 0.339 e. The van der Waals surface area contributed by atoms with Crippen LogP contribution in [0.4, 0.5) is 0 Å². The highest BCUT2D eigenvalue weighted by molar-refractivity contribution is 5.95. The standard InChI is InChI=1S/C18H24N2O4/c1-10(2)20-11(3)7-15(12(20)4)17(21)19(6)9-14-8-16(18(22)23)13(5)24-14/h7-8,10H,9H2,1-6H3,(H,22,23). The molecule has 0 atom stereocenters.